The minimum absolute atomic E-state index is 0.166. The van der Waals surface area contributed by atoms with E-state index < -0.39 is 24.0 Å². The minimum atomic E-state index is -0.856. The zero-order valence-electron chi connectivity index (χ0n) is 22.2. The third kappa shape index (κ3) is 8.59. The van der Waals surface area contributed by atoms with Crippen LogP contribution in [-0.4, -0.2) is 43.3 Å². The molecule has 2 N–H and O–H groups in total. The Kier molecular flexibility index (Phi) is 10.1. The monoisotopic (exact) mass is 540 g/mol. The molecule has 0 radical (unpaired) electrons. The van der Waals surface area contributed by atoms with E-state index in [-0.39, 0.29) is 25.7 Å². The summed E-state index contributed by atoms with van der Waals surface area (Å²) < 4.78 is 15.7. The Hall–Kier alpha value is -4.85. The maximum Gasteiger partial charge on any atom is 0.330 e. The van der Waals surface area contributed by atoms with Crippen LogP contribution in [0.25, 0.3) is 6.08 Å². The van der Waals surface area contributed by atoms with Crippen LogP contribution in [0.3, 0.4) is 0 Å². The summed E-state index contributed by atoms with van der Waals surface area (Å²) in [6.07, 6.45) is 6.70. The van der Waals surface area contributed by atoms with Crippen LogP contribution in [0, 0.1) is 0 Å². The first-order chi connectivity index (χ1) is 19.5. The number of hydrogen-bond acceptors (Lipinski definition) is 6. The van der Waals surface area contributed by atoms with Crippen LogP contribution >= 0.6 is 0 Å². The SMILES string of the molecule is CCOC(=O)/C=C/[C@H](Cc1ccccc1)NC(=O)[C@H](Cc1ccccc1)NC(=O)/C=C/c1ccc2c(c1)OCO2. The van der Waals surface area contributed by atoms with Crippen LogP contribution in [0.15, 0.2) is 97.1 Å². The molecule has 1 aliphatic heterocycles. The lowest BCUT2D eigenvalue weighted by molar-refractivity contribution is -0.137. The molecule has 4 rings (SSSR count). The molecule has 0 fully saturated rings. The number of benzene rings is 3. The average Bonchev–Trinajstić information content (AvgIpc) is 3.44. The summed E-state index contributed by atoms with van der Waals surface area (Å²) in [5, 5.41) is 5.82. The number of fused-ring (bicyclic) bond motifs is 1. The number of hydrogen-bond donors (Lipinski definition) is 2. The maximum absolute atomic E-state index is 13.5. The number of ether oxygens (including phenoxy) is 3. The maximum atomic E-state index is 13.5. The summed E-state index contributed by atoms with van der Waals surface area (Å²) in [4.78, 5) is 38.4. The zero-order chi connectivity index (χ0) is 28.2. The summed E-state index contributed by atoms with van der Waals surface area (Å²) in [6.45, 7) is 2.15. The first kappa shape index (κ1) is 28.2. The molecule has 0 aromatic heterocycles. The van der Waals surface area contributed by atoms with Gasteiger partial charge in [-0.3, -0.25) is 9.59 Å². The van der Waals surface area contributed by atoms with Crippen molar-refractivity contribution in [1.82, 2.24) is 10.6 Å². The van der Waals surface area contributed by atoms with Crippen molar-refractivity contribution >= 4 is 23.9 Å². The van der Waals surface area contributed by atoms with Gasteiger partial charge in [-0.15, -0.1) is 0 Å². The first-order valence-electron chi connectivity index (χ1n) is 13.1. The van der Waals surface area contributed by atoms with Crippen molar-refractivity contribution < 1.29 is 28.6 Å². The van der Waals surface area contributed by atoms with E-state index in [1.165, 1.54) is 12.2 Å². The highest BCUT2D eigenvalue weighted by Crippen LogP contribution is 2.32. The van der Waals surface area contributed by atoms with Crippen molar-refractivity contribution in [1.29, 1.82) is 0 Å². The molecule has 0 saturated heterocycles. The minimum Gasteiger partial charge on any atom is -0.463 e. The van der Waals surface area contributed by atoms with Crippen LogP contribution in [0.4, 0.5) is 0 Å². The predicted molar refractivity (Wildman–Crippen MR) is 152 cm³/mol. The van der Waals surface area contributed by atoms with Gasteiger partial charge in [0, 0.05) is 18.6 Å². The molecule has 1 aliphatic rings. The molecule has 8 heteroatoms. The van der Waals surface area contributed by atoms with Crippen LogP contribution in [0.1, 0.15) is 23.6 Å². The largest absolute Gasteiger partial charge is 0.463 e. The number of esters is 1. The van der Waals surface area contributed by atoms with Crippen LogP contribution < -0.4 is 20.1 Å². The number of amides is 2. The number of carbonyl (C=O) groups excluding carboxylic acids is 3. The quantitative estimate of drug-likeness (QED) is 0.266. The van der Waals surface area contributed by atoms with Gasteiger partial charge in [-0.05, 0) is 48.2 Å². The molecule has 0 bridgehead atoms. The highest BCUT2D eigenvalue weighted by molar-refractivity contribution is 5.96. The molecule has 206 valence electrons. The molecule has 8 nitrogen and oxygen atoms in total. The highest BCUT2D eigenvalue weighted by atomic mass is 16.7. The van der Waals surface area contributed by atoms with E-state index in [2.05, 4.69) is 10.6 Å². The molecular formula is C32H32N2O6. The lowest BCUT2D eigenvalue weighted by Crippen LogP contribution is -2.50. The molecule has 2 amide bonds. The van der Waals surface area contributed by atoms with Gasteiger partial charge in [-0.2, -0.15) is 0 Å². The van der Waals surface area contributed by atoms with Gasteiger partial charge in [-0.25, -0.2) is 4.79 Å². The molecular weight excluding hydrogens is 508 g/mol. The average molecular weight is 541 g/mol. The fourth-order valence-electron chi connectivity index (χ4n) is 4.17. The van der Waals surface area contributed by atoms with Gasteiger partial charge < -0.3 is 24.8 Å². The molecule has 2 atom stereocenters. The zero-order valence-corrected chi connectivity index (χ0v) is 22.2. The number of nitrogens with one attached hydrogen (secondary N) is 2. The Morgan fingerprint density at radius 3 is 2.23 bits per heavy atom. The van der Waals surface area contributed by atoms with Gasteiger partial charge in [0.2, 0.25) is 18.6 Å². The van der Waals surface area contributed by atoms with Crippen LogP contribution in [-0.2, 0) is 32.0 Å². The second-order valence-electron chi connectivity index (χ2n) is 9.11. The molecule has 1 heterocycles. The van der Waals surface area contributed by atoms with E-state index in [1.54, 1.807) is 31.2 Å². The van der Waals surface area contributed by atoms with Crippen LogP contribution in [0.2, 0.25) is 0 Å². The summed E-state index contributed by atoms with van der Waals surface area (Å²) >= 11 is 0. The second kappa shape index (κ2) is 14.3. The fraction of sp³-hybridized carbons (Fsp3) is 0.219. The van der Waals surface area contributed by atoms with Gasteiger partial charge in [-0.1, -0.05) is 72.8 Å². The van der Waals surface area contributed by atoms with Crippen molar-refractivity contribution in [3.05, 3.63) is 114 Å². The fourth-order valence-corrected chi connectivity index (χ4v) is 4.17. The van der Waals surface area contributed by atoms with E-state index in [9.17, 15) is 14.4 Å². The van der Waals surface area contributed by atoms with Gasteiger partial charge in [0.05, 0.1) is 12.6 Å². The first-order valence-corrected chi connectivity index (χ1v) is 13.1. The molecule has 0 saturated carbocycles. The molecule has 0 unspecified atom stereocenters. The van der Waals surface area contributed by atoms with E-state index in [1.807, 2.05) is 66.7 Å². The predicted octanol–water partition coefficient (Wildman–Crippen LogP) is 4.00. The summed E-state index contributed by atoms with van der Waals surface area (Å²) in [7, 11) is 0. The summed E-state index contributed by atoms with van der Waals surface area (Å²) in [6, 6.07) is 23.1. The Labute approximate surface area is 233 Å². The third-order valence-electron chi connectivity index (χ3n) is 6.12. The molecule has 0 aliphatic carbocycles. The van der Waals surface area contributed by atoms with Gasteiger partial charge >= 0.3 is 5.97 Å². The lowest BCUT2D eigenvalue weighted by Gasteiger charge is -2.22. The van der Waals surface area contributed by atoms with Gasteiger partial charge in [0.15, 0.2) is 11.5 Å². The standard InChI is InChI=1S/C32H32N2O6/c1-2-38-31(36)18-15-26(19-23-9-5-3-6-10-23)33-32(37)27(20-24-11-7-4-8-12-24)34-30(35)17-14-25-13-16-28-29(21-25)40-22-39-28/h3-18,21,26-27H,2,19-20,22H2,1H3,(H,33,37)(H,34,35)/b17-14+,18-15+/t26-,27+/m1/s1. The van der Waals surface area contributed by atoms with Crippen molar-refractivity contribution in [2.75, 3.05) is 13.4 Å². The number of rotatable bonds is 12. The molecule has 3 aromatic carbocycles. The van der Waals surface area contributed by atoms with Gasteiger partial charge in [0.25, 0.3) is 0 Å². The normalized spacial score (nSPS) is 13.6. The van der Waals surface area contributed by atoms with Crippen LogP contribution in [0.5, 0.6) is 11.5 Å². The third-order valence-corrected chi connectivity index (χ3v) is 6.12. The van der Waals surface area contributed by atoms with Crippen molar-refractivity contribution in [2.24, 2.45) is 0 Å². The second-order valence-corrected chi connectivity index (χ2v) is 9.11. The van der Waals surface area contributed by atoms with Gasteiger partial charge in [0.1, 0.15) is 6.04 Å². The summed E-state index contributed by atoms with van der Waals surface area (Å²) in [5.41, 5.74) is 2.64. The Morgan fingerprint density at radius 2 is 1.52 bits per heavy atom. The lowest BCUT2D eigenvalue weighted by atomic mass is 10.0. The van der Waals surface area contributed by atoms with E-state index in [4.69, 9.17) is 14.2 Å². The summed E-state index contributed by atoms with van der Waals surface area (Å²) in [5.74, 6) is -0.0105. The van der Waals surface area contributed by atoms with E-state index in [0.717, 1.165) is 16.7 Å². The van der Waals surface area contributed by atoms with Crippen molar-refractivity contribution in [3.8, 4) is 11.5 Å². The Balaban J connectivity index is 1.48. The Bertz CT molecular complexity index is 1350. The van der Waals surface area contributed by atoms with Crippen molar-refractivity contribution in [3.63, 3.8) is 0 Å². The molecule has 0 spiro atoms. The van der Waals surface area contributed by atoms with E-state index >= 15 is 0 Å². The van der Waals surface area contributed by atoms with Crippen molar-refractivity contribution in [2.45, 2.75) is 31.8 Å². The highest BCUT2D eigenvalue weighted by Gasteiger charge is 2.23. The van der Waals surface area contributed by atoms with E-state index in [0.29, 0.717) is 17.9 Å². The Morgan fingerprint density at radius 1 is 0.850 bits per heavy atom. The smallest absolute Gasteiger partial charge is 0.330 e. The number of carbonyl (C=O) groups is 3. The molecule has 40 heavy (non-hydrogen) atoms. The topological polar surface area (TPSA) is 103 Å². The molecule has 3 aromatic rings.